The Bertz CT molecular complexity index is 1030. The van der Waals surface area contributed by atoms with Gasteiger partial charge in [-0.3, -0.25) is 24.1 Å². The normalized spacial score (nSPS) is 14.9. The minimum atomic E-state index is -1.02. The predicted octanol–water partition coefficient (Wildman–Crippen LogP) is 2.36. The Morgan fingerprint density at radius 2 is 1.74 bits per heavy atom. The van der Waals surface area contributed by atoms with E-state index in [2.05, 4.69) is 5.32 Å². The van der Waals surface area contributed by atoms with Crippen LogP contribution in [0.3, 0.4) is 0 Å². The van der Waals surface area contributed by atoms with Crippen molar-refractivity contribution >= 4 is 29.4 Å². The highest BCUT2D eigenvalue weighted by Gasteiger charge is 2.34. The highest BCUT2D eigenvalue weighted by Crippen LogP contribution is 2.34. The molecule has 2 aliphatic heterocycles. The fourth-order valence-electron chi connectivity index (χ4n) is 3.35. The molecular weight excluding hydrogens is 404 g/mol. The van der Waals surface area contributed by atoms with Gasteiger partial charge in [-0.05, 0) is 37.6 Å². The Morgan fingerprint density at radius 3 is 2.45 bits per heavy atom. The van der Waals surface area contributed by atoms with Crippen molar-refractivity contribution in [3.05, 3.63) is 53.6 Å². The predicted molar refractivity (Wildman–Crippen MR) is 108 cm³/mol. The second-order valence-electron chi connectivity index (χ2n) is 7.10. The third kappa shape index (κ3) is 4.20. The number of hydrogen-bond acceptors (Lipinski definition) is 7. The number of anilines is 1. The second-order valence-corrected chi connectivity index (χ2v) is 7.10. The number of rotatable bonds is 7. The summed E-state index contributed by atoms with van der Waals surface area (Å²) in [6, 6.07) is 11.5. The van der Waals surface area contributed by atoms with Crippen LogP contribution < -0.4 is 14.8 Å². The minimum Gasteiger partial charge on any atom is -0.454 e. The lowest BCUT2D eigenvalue weighted by molar-refractivity contribution is -0.153. The molecule has 2 aromatic carbocycles. The van der Waals surface area contributed by atoms with Crippen LogP contribution in [0.15, 0.2) is 42.5 Å². The lowest BCUT2D eigenvalue weighted by Crippen LogP contribution is -2.32. The first-order valence-electron chi connectivity index (χ1n) is 9.79. The van der Waals surface area contributed by atoms with Crippen LogP contribution in [0, 0.1) is 0 Å². The minimum absolute atomic E-state index is 0.0327. The summed E-state index contributed by atoms with van der Waals surface area (Å²) < 4.78 is 15.6. The van der Waals surface area contributed by atoms with Gasteiger partial charge in [-0.2, -0.15) is 0 Å². The fourth-order valence-corrected chi connectivity index (χ4v) is 3.35. The van der Waals surface area contributed by atoms with Crippen molar-refractivity contribution in [3.63, 3.8) is 0 Å². The molecule has 0 spiro atoms. The number of carbonyl (C=O) groups excluding carboxylic acids is 4. The summed E-state index contributed by atoms with van der Waals surface area (Å²) in [5.74, 6) is -0.709. The van der Waals surface area contributed by atoms with Gasteiger partial charge in [0.1, 0.15) is 0 Å². The van der Waals surface area contributed by atoms with E-state index in [0.717, 1.165) is 4.90 Å². The number of hydrogen-bond donors (Lipinski definition) is 1. The monoisotopic (exact) mass is 424 g/mol. The van der Waals surface area contributed by atoms with Gasteiger partial charge < -0.3 is 19.5 Å². The molecule has 0 aliphatic carbocycles. The summed E-state index contributed by atoms with van der Waals surface area (Å²) >= 11 is 0. The number of fused-ring (bicyclic) bond motifs is 2. The molecule has 0 aromatic heterocycles. The maximum Gasteiger partial charge on any atom is 0.306 e. The molecule has 9 nitrogen and oxygen atoms in total. The van der Waals surface area contributed by atoms with E-state index in [1.54, 1.807) is 42.5 Å². The molecule has 31 heavy (non-hydrogen) atoms. The van der Waals surface area contributed by atoms with Gasteiger partial charge in [-0.25, -0.2) is 0 Å². The molecule has 1 N–H and O–H groups in total. The number of amides is 3. The van der Waals surface area contributed by atoms with Crippen molar-refractivity contribution in [3.8, 4) is 11.5 Å². The quantitative estimate of drug-likeness (QED) is 0.536. The molecular formula is C22H20N2O7. The summed E-state index contributed by atoms with van der Waals surface area (Å²) in [5.41, 5.74) is 1.22. The summed E-state index contributed by atoms with van der Waals surface area (Å²) in [5, 5.41) is 2.65. The van der Waals surface area contributed by atoms with E-state index in [-0.39, 0.29) is 38.0 Å². The number of esters is 1. The van der Waals surface area contributed by atoms with Crippen molar-refractivity contribution in [2.75, 3.05) is 18.7 Å². The van der Waals surface area contributed by atoms with Crippen LogP contribution in [-0.2, 0) is 14.3 Å². The van der Waals surface area contributed by atoms with E-state index < -0.39 is 18.0 Å². The highest BCUT2D eigenvalue weighted by molar-refractivity contribution is 6.21. The van der Waals surface area contributed by atoms with Gasteiger partial charge in [0.15, 0.2) is 17.6 Å². The summed E-state index contributed by atoms with van der Waals surface area (Å²) in [6.45, 7) is 1.69. The molecule has 4 rings (SSSR count). The molecule has 9 heteroatoms. The zero-order valence-corrected chi connectivity index (χ0v) is 16.8. The van der Waals surface area contributed by atoms with Gasteiger partial charge in [0.25, 0.3) is 17.7 Å². The maximum atomic E-state index is 12.3. The van der Waals surface area contributed by atoms with Crippen LogP contribution in [0.25, 0.3) is 0 Å². The maximum absolute atomic E-state index is 12.3. The first-order valence-corrected chi connectivity index (χ1v) is 9.79. The Hall–Kier alpha value is -3.88. The number of benzene rings is 2. The first kappa shape index (κ1) is 20.4. The molecule has 1 atom stereocenters. The zero-order chi connectivity index (χ0) is 22.0. The second kappa shape index (κ2) is 8.47. The molecule has 0 saturated heterocycles. The number of carbonyl (C=O) groups is 4. The van der Waals surface area contributed by atoms with Crippen LogP contribution >= 0.6 is 0 Å². The van der Waals surface area contributed by atoms with Gasteiger partial charge in [0, 0.05) is 24.7 Å². The van der Waals surface area contributed by atoms with Crippen molar-refractivity contribution in [2.45, 2.75) is 25.9 Å². The third-order valence-corrected chi connectivity index (χ3v) is 4.96. The van der Waals surface area contributed by atoms with E-state index >= 15 is 0 Å². The lowest BCUT2D eigenvalue weighted by Gasteiger charge is -2.15. The Balaban J connectivity index is 1.23. The topological polar surface area (TPSA) is 111 Å². The Morgan fingerprint density at radius 1 is 1.06 bits per heavy atom. The van der Waals surface area contributed by atoms with E-state index in [4.69, 9.17) is 14.2 Å². The van der Waals surface area contributed by atoms with Crippen molar-refractivity contribution in [1.82, 2.24) is 4.90 Å². The Kier molecular flexibility index (Phi) is 5.57. The fraction of sp³-hybridized carbons (Fsp3) is 0.273. The van der Waals surface area contributed by atoms with Crippen LogP contribution in [0.5, 0.6) is 11.5 Å². The van der Waals surface area contributed by atoms with E-state index in [9.17, 15) is 19.2 Å². The van der Waals surface area contributed by atoms with E-state index in [0.29, 0.717) is 28.3 Å². The van der Waals surface area contributed by atoms with Crippen LogP contribution in [0.1, 0.15) is 40.5 Å². The molecule has 3 amide bonds. The summed E-state index contributed by atoms with van der Waals surface area (Å²) in [6.07, 6.45) is -0.812. The molecule has 0 fully saturated rings. The average Bonchev–Trinajstić information content (AvgIpc) is 3.32. The number of nitrogens with one attached hydrogen (secondary N) is 1. The molecule has 0 radical (unpaired) electrons. The van der Waals surface area contributed by atoms with Crippen molar-refractivity contribution < 1.29 is 33.4 Å². The first-order chi connectivity index (χ1) is 14.9. The van der Waals surface area contributed by atoms with Gasteiger partial charge in [0.2, 0.25) is 6.79 Å². The van der Waals surface area contributed by atoms with Crippen molar-refractivity contribution in [1.29, 1.82) is 0 Å². The van der Waals surface area contributed by atoms with Crippen LogP contribution in [0.4, 0.5) is 5.69 Å². The Labute approximate surface area is 177 Å². The largest absolute Gasteiger partial charge is 0.454 e. The molecule has 0 bridgehead atoms. The zero-order valence-electron chi connectivity index (χ0n) is 16.8. The average molecular weight is 424 g/mol. The van der Waals surface area contributed by atoms with E-state index in [1.165, 1.54) is 6.92 Å². The van der Waals surface area contributed by atoms with Gasteiger partial charge >= 0.3 is 5.97 Å². The lowest BCUT2D eigenvalue weighted by atomic mass is 10.1. The molecule has 2 aliphatic rings. The van der Waals surface area contributed by atoms with Crippen molar-refractivity contribution in [2.24, 2.45) is 0 Å². The molecule has 2 heterocycles. The number of nitrogens with zero attached hydrogens (tertiary/aromatic N) is 1. The molecule has 0 saturated carbocycles. The number of ether oxygens (including phenoxy) is 3. The smallest absolute Gasteiger partial charge is 0.306 e. The highest BCUT2D eigenvalue weighted by atomic mass is 16.7. The van der Waals surface area contributed by atoms with E-state index in [1.807, 2.05) is 0 Å². The molecule has 160 valence electrons. The molecule has 1 unspecified atom stereocenters. The SMILES string of the molecule is CC(OC(=O)CCCN1C(=O)c2ccccc2C1=O)C(=O)Nc1ccc2c(c1)OCO2. The molecule has 2 aromatic rings. The van der Waals surface area contributed by atoms with Gasteiger partial charge in [-0.15, -0.1) is 0 Å². The standard InChI is InChI=1S/C22H20N2O7/c1-13(20(26)23-14-8-9-17-18(11-14)30-12-29-17)31-19(25)7-4-10-24-21(27)15-5-2-3-6-16(15)22(24)28/h2-3,5-6,8-9,11,13H,4,7,10,12H2,1H3,(H,23,26). The number of imide groups is 1. The summed E-state index contributed by atoms with van der Waals surface area (Å²) in [7, 11) is 0. The van der Waals surface area contributed by atoms with Gasteiger partial charge in [0.05, 0.1) is 11.1 Å². The summed E-state index contributed by atoms with van der Waals surface area (Å²) in [4.78, 5) is 50.1. The van der Waals surface area contributed by atoms with Crippen LogP contribution in [-0.4, -0.2) is 48.0 Å². The third-order valence-electron chi connectivity index (χ3n) is 4.96. The van der Waals surface area contributed by atoms with Gasteiger partial charge in [-0.1, -0.05) is 12.1 Å². The van der Waals surface area contributed by atoms with Crippen LogP contribution in [0.2, 0.25) is 0 Å².